The second-order valence-electron chi connectivity index (χ2n) is 9.78. The lowest BCUT2D eigenvalue weighted by molar-refractivity contribution is -0.122. The molecule has 0 saturated carbocycles. The Hall–Kier alpha value is -5.12. The van der Waals surface area contributed by atoms with Gasteiger partial charge in [0.15, 0.2) is 0 Å². The number of fused-ring (bicyclic) bond motifs is 1. The summed E-state index contributed by atoms with van der Waals surface area (Å²) in [5.74, 6) is -0.214. The quantitative estimate of drug-likeness (QED) is 0.280. The number of benzene rings is 3. The Balaban J connectivity index is 1.39. The molecule has 0 saturated heterocycles. The summed E-state index contributed by atoms with van der Waals surface area (Å²) in [5, 5.41) is 5.20. The standard InChI is InChI=1S/C32H35N5O5/c1-20-10-16-25(21(2)24(20)19-42-27-9-7-8-26-30(27)35-32(41-6)37(26)5)36(4)29(39)18-34-28(38)17-13-22-11-14-23(15-12-22)31(40)33-3/h7-17H,18-19H2,1-6H3,(H,33,40)(H,34,38)/b17-13+. The average molecular weight is 570 g/mol. The zero-order chi connectivity index (χ0) is 30.4. The van der Waals surface area contributed by atoms with Crippen molar-refractivity contribution in [2.75, 3.05) is 32.6 Å². The predicted octanol–water partition coefficient (Wildman–Crippen LogP) is 3.93. The van der Waals surface area contributed by atoms with Gasteiger partial charge < -0.3 is 25.0 Å². The number of carbonyl (C=O) groups excluding carboxylic acids is 3. The van der Waals surface area contributed by atoms with Crippen LogP contribution in [0.4, 0.5) is 5.69 Å². The van der Waals surface area contributed by atoms with Crippen LogP contribution in [0.5, 0.6) is 11.8 Å². The molecule has 0 radical (unpaired) electrons. The van der Waals surface area contributed by atoms with Gasteiger partial charge in [0.05, 0.1) is 19.2 Å². The van der Waals surface area contributed by atoms with Crippen LogP contribution in [0.25, 0.3) is 17.1 Å². The lowest BCUT2D eigenvalue weighted by Crippen LogP contribution is -2.38. The van der Waals surface area contributed by atoms with Crippen molar-refractivity contribution in [2.24, 2.45) is 7.05 Å². The van der Waals surface area contributed by atoms with Crippen LogP contribution >= 0.6 is 0 Å². The van der Waals surface area contributed by atoms with Gasteiger partial charge in [0.25, 0.3) is 11.9 Å². The van der Waals surface area contributed by atoms with Gasteiger partial charge in [0.2, 0.25) is 11.8 Å². The number of methoxy groups -OCH3 is 1. The third kappa shape index (κ3) is 6.43. The molecule has 1 aromatic heterocycles. The molecule has 10 heteroatoms. The van der Waals surface area contributed by atoms with Crippen LogP contribution in [-0.4, -0.2) is 55.0 Å². The summed E-state index contributed by atoms with van der Waals surface area (Å²) in [5.41, 5.74) is 6.51. The number of rotatable bonds is 10. The van der Waals surface area contributed by atoms with Gasteiger partial charge >= 0.3 is 0 Å². The number of imidazole rings is 1. The first-order valence-corrected chi connectivity index (χ1v) is 13.4. The van der Waals surface area contributed by atoms with Crippen molar-refractivity contribution in [1.82, 2.24) is 20.2 Å². The van der Waals surface area contributed by atoms with Crippen molar-refractivity contribution < 1.29 is 23.9 Å². The van der Waals surface area contributed by atoms with E-state index in [9.17, 15) is 14.4 Å². The zero-order valence-corrected chi connectivity index (χ0v) is 24.6. The maximum atomic E-state index is 13.0. The van der Waals surface area contributed by atoms with E-state index in [2.05, 4.69) is 15.6 Å². The normalized spacial score (nSPS) is 11.0. The Morgan fingerprint density at radius 2 is 1.79 bits per heavy atom. The highest BCUT2D eigenvalue weighted by molar-refractivity contribution is 5.99. The van der Waals surface area contributed by atoms with E-state index in [1.54, 1.807) is 51.5 Å². The summed E-state index contributed by atoms with van der Waals surface area (Å²) < 4.78 is 13.4. The largest absolute Gasteiger partial charge is 0.487 e. The minimum absolute atomic E-state index is 0.169. The lowest BCUT2D eigenvalue weighted by atomic mass is 10.0. The fourth-order valence-corrected chi connectivity index (χ4v) is 4.62. The topological polar surface area (TPSA) is 115 Å². The molecule has 1 heterocycles. The molecule has 3 amide bonds. The van der Waals surface area contributed by atoms with Crippen LogP contribution in [0, 0.1) is 13.8 Å². The first kappa shape index (κ1) is 29.9. The van der Waals surface area contributed by atoms with Gasteiger partial charge in [0, 0.05) is 38.5 Å². The molecule has 0 aliphatic heterocycles. The highest BCUT2D eigenvalue weighted by Gasteiger charge is 2.18. The first-order chi connectivity index (χ1) is 20.1. The summed E-state index contributed by atoms with van der Waals surface area (Å²) in [6.07, 6.45) is 2.97. The number of aromatic nitrogens is 2. The van der Waals surface area contributed by atoms with Crippen LogP contribution in [0.2, 0.25) is 0 Å². The predicted molar refractivity (Wildman–Crippen MR) is 163 cm³/mol. The molecule has 0 aliphatic carbocycles. The summed E-state index contributed by atoms with van der Waals surface area (Å²) in [6, 6.07) is 16.9. The first-order valence-electron chi connectivity index (χ1n) is 13.4. The Kier molecular flexibility index (Phi) is 9.26. The molecule has 0 spiro atoms. The van der Waals surface area contributed by atoms with E-state index in [4.69, 9.17) is 9.47 Å². The van der Waals surface area contributed by atoms with Crippen LogP contribution in [0.3, 0.4) is 0 Å². The molecule has 0 unspecified atom stereocenters. The fourth-order valence-electron chi connectivity index (χ4n) is 4.62. The minimum atomic E-state index is -0.401. The van der Waals surface area contributed by atoms with Gasteiger partial charge in [-0.3, -0.25) is 19.0 Å². The van der Waals surface area contributed by atoms with Crippen molar-refractivity contribution in [3.05, 3.63) is 88.5 Å². The monoisotopic (exact) mass is 569 g/mol. The molecular weight excluding hydrogens is 534 g/mol. The number of ether oxygens (including phenoxy) is 2. The van der Waals surface area contributed by atoms with Crippen LogP contribution in [0.15, 0.2) is 60.7 Å². The van der Waals surface area contributed by atoms with Gasteiger partial charge in [-0.1, -0.05) is 24.3 Å². The number of hydrogen-bond acceptors (Lipinski definition) is 6. The second-order valence-corrected chi connectivity index (χ2v) is 9.78. The Morgan fingerprint density at radius 3 is 2.48 bits per heavy atom. The molecule has 218 valence electrons. The van der Waals surface area contributed by atoms with Crippen LogP contribution < -0.4 is 25.0 Å². The van der Waals surface area contributed by atoms with Crippen molar-refractivity contribution in [1.29, 1.82) is 0 Å². The van der Waals surface area contributed by atoms with E-state index >= 15 is 0 Å². The summed E-state index contributed by atoms with van der Waals surface area (Å²) >= 11 is 0. The van der Waals surface area contributed by atoms with E-state index in [0.29, 0.717) is 22.8 Å². The lowest BCUT2D eigenvalue weighted by Gasteiger charge is -2.23. The summed E-state index contributed by atoms with van der Waals surface area (Å²) in [4.78, 5) is 43.1. The average Bonchev–Trinajstić information content (AvgIpc) is 3.34. The molecule has 42 heavy (non-hydrogen) atoms. The molecular formula is C32H35N5O5. The second kappa shape index (κ2) is 13.0. The minimum Gasteiger partial charge on any atom is -0.487 e. The maximum absolute atomic E-state index is 13.0. The van der Waals surface area contributed by atoms with E-state index in [1.807, 2.05) is 55.8 Å². The van der Waals surface area contributed by atoms with Crippen molar-refractivity contribution >= 4 is 40.5 Å². The smallest absolute Gasteiger partial charge is 0.296 e. The molecule has 10 nitrogen and oxygen atoms in total. The van der Waals surface area contributed by atoms with E-state index in [-0.39, 0.29) is 25.0 Å². The van der Waals surface area contributed by atoms with Gasteiger partial charge in [0.1, 0.15) is 17.9 Å². The molecule has 0 bridgehead atoms. The fraction of sp³-hybridized carbons (Fsp3) is 0.250. The zero-order valence-electron chi connectivity index (χ0n) is 24.6. The van der Waals surface area contributed by atoms with Crippen molar-refractivity contribution in [3.8, 4) is 11.8 Å². The third-order valence-corrected chi connectivity index (χ3v) is 7.17. The van der Waals surface area contributed by atoms with Crippen molar-refractivity contribution in [3.63, 3.8) is 0 Å². The number of anilines is 1. The number of likely N-dealkylation sites (N-methyl/N-ethyl adjacent to an activating group) is 1. The van der Waals surface area contributed by atoms with E-state index in [0.717, 1.165) is 33.5 Å². The molecule has 0 aliphatic rings. The third-order valence-electron chi connectivity index (χ3n) is 7.17. The van der Waals surface area contributed by atoms with E-state index in [1.165, 1.54) is 11.0 Å². The molecule has 0 atom stereocenters. The van der Waals surface area contributed by atoms with Crippen LogP contribution in [0.1, 0.15) is 32.6 Å². The Labute approximate surface area is 244 Å². The number of amides is 3. The number of nitrogens with zero attached hydrogens (tertiary/aromatic N) is 3. The molecule has 0 fully saturated rings. The Morgan fingerprint density at radius 1 is 1.05 bits per heavy atom. The maximum Gasteiger partial charge on any atom is 0.296 e. The molecule has 2 N–H and O–H groups in total. The summed E-state index contributed by atoms with van der Waals surface area (Å²) in [7, 11) is 6.71. The highest BCUT2D eigenvalue weighted by Crippen LogP contribution is 2.31. The molecule has 3 aromatic carbocycles. The van der Waals surface area contributed by atoms with Crippen LogP contribution in [-0.2, 0) is 23.2 Å². The summed E-state index contributed by atoms with van der Waals surface area (Å²) in [6.45, 7) is 4.07. The molecule has 4 aromatic rings. The number of carbonyl (C=O) groups is 3. The Bertz CT molecular complexity index is 1660. The van der Waals surface area contributed by atoms with E-state index < -0.39 is 5.91 Å². The van der Waals surface area contributed by atoms with Gasteiger partial charge in [-0.15, -0.1) is 0 Å². The van der Waals surface area contributed by atoms with Gasteiger partial charge in [-0.25, -0.2) is 0 Å². The number of nitrogens with one attached hydrogen (secondary N) is 2. The highest BCUT2D eigenvalue weighted by atomic mass is 16.5. The number of hydrogen-bond donors (Lipinski definition) is 2. The van der Waals surface area contributed by atoms with Crippen molar-refractivity contribution in [2.45, 2.75) is 20.5 Å². The van der Waals surface area contributed by atoms with Gasteiger partial charge in [-0.05, 0) is 72.5 Å². The van der Waals surface area contributed by atoms with Gasteiger partial charge in [-0.2, -0.15) is 4.98 Å². The number of aryl methyl sites for hydroxylation is 2. The number of para-hydroxylation sites is 1. The molecule has 4 rings (SSSR count). The SMILES string of the molecule is CNC(=O)c1ccc(/C=C/C(=O)NCC(=O)N(C)c2ccc(C)c(COc3cccc4c3nc(OC)n4C)c2C)cc1.